The highest BCUT2D eigenvalue weighted by Gasteiger charge is 2.23. The first kappa shape index (κ1) is 14.6. The van der Waals surface area contributed by atoms with Crippen molar-refractivity contribution in [2.24, 2.45) is 0 Å². The largest absolute Gasteiger partial charge is 0.348 e. The van der Waals surface area contributed by atoms with E-state index >= 15 is 0 Å². The van der Waals surface area contributed by atoms with E-state index in [0.717, 1.165) is 15.6 Å². The molecule has 0 saturated heterocycles. The predicted octanol–water partition coefficient (Wildman–Crippen LogP) is -0.197. The van der Waals surface area contributed by atoms with Gasteiger partial charge in [0.1, 0.15) is 16.4 Å². The summed E-state index contributed by atoms with van der Waals surface area (Å²) in [5.41, 5.74) is 0. The number of thiophene rings is 1. The smallest absolute Gasteiger partial charge is 0.252 e. The zero-order chi connectivity index (χ0) is 14.6. The first-order valence-electron chi connectivity index (χ1n) is 5.61. The van der Waals surface area contributed by atoms with Crippen LogP contribution < -0.4 is 5.32 Å². The number of amides is 1. The third kappa shape index (κ3) is 3.40. The Morgan fingerprint density at radius 3 is 2.95 bits per heavy atom. The molecule has 10 heteroatoms. The maximum absolute atomic E-state index is 12.1. The van der Waals surface area contributed by atoms with Gasteiger partial charge in [0, 0.05) is 7.05 Å². The van der Waals surface area contributed by atoms with Gasteiger partial charge in [-0.15, -0.1) is 11.3 Å². The average molecular weight is 315 g/mol. The standard InChI is InChI=1S/C10H13N5O3S2/c1-15(20(17,18)10-3-2-4-19-10)6-9(16)11-5-8-12-7-13-14-8/h2-4,7H,5-6H2,1H3,(H,11,16)(H,12,13,14). The van der Waals surface area contributed by atoms with Gasteiger partial charge in [-0.25, -0.2) is 13.4 Å². The zero-order valence-corrected chi connectivity index (χ0v) is 12.2. The topological polar surface area (TPSA) is 108 Å². The van der Waals surface area contributed by atoms with E-state index < -0.39 is 15.9 Å². The molecule has 0 spiro atoms. The molecule has 0 aliphatic rings. The van der Waals surface area contributed by atoms with Crippen LogP contribution in [0, 0.1) is 0 Å². The van der Waals surface area contributed by atoms with Crippen molar-refractivity contribution in [2.75, 3.05) is 13.6 Å². The molecule has 108 valence electrons. The second kappa shape index (κ2) is 6.11. The first-order chi connectivity index (χ1) is 9.50. The number of carbonyl (C=O) groups excluding carboxylic acids is 1. The molecule has 2 N–H and O–H groups in total. The van der Waals surface area contributed by atoms with Gasteiger partial charge in [0.05, 0.1) is 13.1 Å². The van der Waals surface area contributed by atoms with Crippen LogP contribution in [0.15, 0.2) is 28.0 Å². The Kier molecular flexibility index (Phi) is 4.47. The molecular formula is C10H13N5O3S2. The summed E-state index contributed by atoms with van der Waals surface area (Å²) < 4.78 is 25.4. The molecule has 0 saturated carbocycles. The van der Waals surface area contributed by atoms with E-state index in [9.17, 15) is 13.2 Å². The number of rotatable bonds is 6. The normalized spacial score (nSPS) is 11.7. The van der Waals surface area contributed by atoms with Crippen LogP contribution in [0.2, 0.25) is 0 Å². The van der Waals surface area contributed by atoms with Crippen molar-refractivity contribution in [1.82, 2.24) is 24.8 Å². The third-order valence-corrected chi connectivity index (χ3v) is 5.62. The van der Waals surface area contributed by atoms with Crippen molar-refractivity contribution in [3.8, 4) is 0 Å². The summed E-state index contributed by atoms with van der Waals surface area (Å²) in [5.74, 6) is 0.0890. The Morgan fingerprint density at radius 2 is 2.35 bits per heavy atom. The lowest BCUT2D eigenvalue weighted by molar-refractivity contribution is -0.121. The molecular weight excluding hydrogens is 302 g/mol. The van der Waals surface area contributed by atoms with Gasteiger partial charge in [0.15, 0.2) is 0 Å². The fraction of sp³-hybridized carbons (Fsp3) is 0.300. The summed E-state index contributed by atoms with van der Waals surface area (Å²) in [4.78, 5) is 15.5. The van der Waals surface area contributed by atoms with E-state index in [1.165, 1.54) is 19.4 Å². The molecule has 0 atom stereocenters. The number of nitrogens with zero attached hydrogens (tertiary/aromatic N) is 3. The van der Waals surface area contributed by atoms with Crippen LogP contribution in [0.1, 0.15) is 5.82 Å². The Morgan fingerprint density at radius 1 is 1.55 bits per heavy atom. The highest BCUT2D eigenvalue weighted by molar-refractivity contribution is 7.91. The Balaban J connectivity index is 1.91. The Bertz CT molecular complexity index is 651. The summed E-state index contributed by atoms with van der Waals surface area (Å²) in [6, 6.07) is 3.15. The number of sulfonamides is 1. The fourth-order valence-corrected chi connectivity index (χ4v) is 3.73. The number of carbonyl (C=O) groups is 1. The van der Waals surface area contributed by atoms with Crippen molar-refractivity contribution in [3.63, 3.8) is 0 Å². The molecule has 2 aromatic rings. The number of likely N-dealkylation sites (N-methyl/N-ethyl adjacent to an activating group) is 1. The lowest BCUT2D eigenvalue weighted by Crippen LogP contribution is -2.38. The average Bonchev–Trinajstić information content (AvgIpc) is 3.09. The third-order valence-electron chi connectivity index (χ3n) is 2.44. The lowest BCUT2D eigenvalue weighted by Gasteiger charge is -2.15. The molecule has 0 fully saturated rings. The van der Waals surface area contributed by atoms with Crippen molar-refractivity contribution in [1.29, 1.82) is 0 Å². The molecule has 1 amide bonds. The molecule has 2 aromatic heterocycles. The maximum atomic E-state index is 12.1. The van der Waals surface area contributed by atoms with Gasteiger partial charge in [-0.2, -0.15) is 9.40 Å². The van der Waals surface area contributed by atoms with Crippen LogP contribution in [-0.2, 0) is 21.4 Å². The highest BCUT2D eigenvalue weighted by atomic mass is 32.2. The highest BCUT2D eigenvalue weighted by Crippen LogP contribution is 2.19. The molecule has 8 nitrogen and oxygen atoms in total. The van der Waals surface area contributed by atoms with E-state index in [-0.39, 0.29) is 17.3 Å². The predicted molar refractivity (Wildman–Crippen MR) is 72.4 cm³/mol. The van der Waals surface area contributed by atoms with Crippen LogP contribution in [0.3, 0.4) is 0 Å². The van der Waals surface area contributed by atoms with Gasteiger partial charge in [-0.3, -0.25) is 9.89 Å². The van der Waals surface area contributed by atoms with Crippen LogP contribution in [-0.4, -0.2) is 47.4 Å². The zero-order valence-electron chi connectivity index (χ0n) is 10.6. The molecule has 0 aliphatic heterocycles. The van der Waals surface area contributed by atoms with Gasteiger partial charge in [0.25, 0.3) is 10.0 Å². The summed E-state index contributed by atoms with van der Waals surface area (Å²) in [6.07, 6.45) is 1.33. The van der Waals surface area contributed by atoms with Crippen LogP contribution >= 0.6 is 11.3 Å². The molecule has 2 heterocycles. The fourth-order valence-electron chi connectivity index (χ4n) is 1.41. The minimum atomic E-state index is -3.61. The summed E-state index contributed by atoms with van der Waals surface area (Å²) in [7, 11) is -2.24. The maximum Gasteiger partial charge on any atom is 0.252 e. The quantitative estimate of drug-likeness (QED) is 0.767. The number of hydrogen-bond acceptors (Lipinski definition) is 6. The van der Waals surface area contributed by atoms with E-state index in [2.05, 4.69) is 20.5 Å². The van der Waals surface area contributed by atoms with E-state index in [1.54, 1.807) is 11.4 Å². The summed E-state index contributed by atoms with van der Waals surface area (Å²) >= 11 is 1.11. The van der Waals surface area contributed by atoms with Crippen LogP contribution in [0.25, 0.3) is 0 Å². The first-order valence-corrected chi connectivity index (χ1v) is 7.93. The number of aromatic amines is 1. The van der Waals surface area contributed by atoms with Crippen molar-refractivity contribution < 1.29 is 13.2 Å². The van der Waals surface area contributed by atoms with Gasteiger partial charge < -0.3 is 5.32 Å². The molecule has 0 radical (unpaired) electrons. The molecule has 0 bridgehead atoms. The summed E-state index contributed by atoms with van der Waals surface area (Å²) in [6.45, 7) is -0.0832. The number of H-pyrrole nitrogens is 1. The van der Waals surface area contributed by atoms with Crippen molar-refractivity contribution in [3.05, 3.63) is 29.7 Å². The van der Waals surface area contributed by atoms with Crippen molar-refractivity contribution in [2.45, 2.75) is 10.8 Å². The van der Waals surface area contributed by atoms with Gasteiger partial charge in [0.2, 0.25) is 5.91 Å². The van der Waals surface area contributed by atoms with E-state index in [0.29, 0.717) is 5.82 Å². The Hall–Kier alpha value is -1.78. The van der Waals surface area contributed by atoms with Crippen molar-refractivity contribution >= 4 is 27.3 Å². The lowest BCUT2D eigenvalue weighted by atomic mass is 10.5. The number of hydrogen-bond donors (Lipinski definition) is 2. The number of aromatic nitrogens is 3. The molecule has 20 heavy (non-hydrogen) atoms. The second-order valence-electron chi connectivity index (χ2n) is 3.90. The van der Waals surface area contributed by atoms with Gasteiger partial charge in [-0.1, -0.05) is 6.07 Å². The SMILES string of the molecule is CN(CC(=O)NCc1ncn[nH]1)S(=O)(=O)c1cccs1. The van der Waals surface area contributed by atoms with Crippen LogP contribution in [0.4, 0.5) is 0 Å². The molecule has 0 unspecified atom stereocenters. The van der Waals surface area contributed by atoms with Crippen LogP contribution in [0.5, 0.6) is 0 Å². The number of nitrogens with one attached hydrogen (secondary N) is 2. The molecule has 0 aliphatic carbocycles. The monoisotopic (exact) mass is 315 g/mol. The second-order valence-corrected chi connectivity index (χ2v) is 7.12. The van der Waals surface area contributed by atoms with Gasteiger partial charge >= 0.3 is 0 Å². The minimum Gasteiger partial charge on any atom is -0.348 e. The minimum absolute atomic E-state index is 0.172. The van der Waals surface area contributed by atoms with Gasteiger partial charge in [-0.05, 0) is 11.4 Å². The molecule has 0 aromatic carbocycles. The summed E-state index contributed by atoms with van der Waals surface area (Å²) in [5, 5.41) is 10.5. The molecule has 2 rings (SSSR count). The van der Waals surface area contributed by atoms with E-state index in [4.69, 9.17) is 0 Å². The Labute approximate surface area is 119 Å². The van der Waals surface area contributed by atoms with E-state index in [1.807, 2.05) is 0 Å².